The number of hydrogen-bond donors (Lipinski definition) is 1. The van der Waals surface area contributed by atoms with Crippen LogP contribution in [0.4, 0.5) is 17.1 Å². The van der Waals surface area contributed by atoms with Gasteiger partial charge in [0.25, 0.3) is 0 Å². The quantitative estimate of drug-likeness (QED) is 0.842. The van der Waals surface area contributed by atoms with E-state index in [0.717, 1.165) is 24.5 Å². The number of rotatable bonds is 5. The molecule has 29 heavy (non-hydrogen) atoms. The zero-order chi connectivity index (χ0) is 20.2. The molecule has 1 atom stereocenters. The third-order valence-electron chi connectivity index (χ3n) is 5.72. The maximum atomic E-state index is 12.7. The van der Waals surface area contributed by atoms with Crippen LogP contribution in [-0.4, -0.2) is 38.6 Å². The number of nitrogens with zero attached hydrogens (tertiary/aromatic N) is 2. The number of nitrogens with one attached hydrogen (secondary N) is 1. The minimum atomic E-state index is -0.365. The van der Waals surface area contributed by atoms with Crippen molar-refractivity contribution >= 4 is 28.9 Å². The summed E-state index contributed by atoms with van der Waals surface area (Å²) in [6.07, 6.45) is 3.99. The topological polar surface area (TPSA) is 61.9 Å². The van der Waals surface area contributed by atoms with Gasteiger partial charge in [0.05, 0.1) is 13.0 Å². The van der Waals surface area contributed by atoms with Gasteiger partial charge in [-0.3, -0.25) is 9.59 Å². The fourth-order valence-electron chi connectivity index (χ4n) is 4.06. The Morgan fingerprint density at radius 2 is 1.79 bits per heavy atom. The average molecular weight is 393 g/mol. The molecule has 2 aromatic carbocycles. The van der Waals surface area contributed by atoms with Crippen LogP contribution in [0.3, 0.4) is 0 Å². The number of carbonyl (C=O) groups is 2. The Kier molecular flexibility index (Phi) is 5.69. The molecular formula is C23H27N3O3. The van der Waals surface area contributed by atoms with Crippen LogP contribution in [0.1, 0.15) is 25.7 Å². The Labute approximate surface area is 171 Å². The number of benzene rings is 2. The molecule has 0 aromatic heterocycles. The van der Waals surface area contributed by atoms with E-state index in [0.29, 0.717) is 12.3 Å². The van der Waals surface area contributed by atoms with E-state index < -0.39 is 0 Å². The van der Waals surface area contributed by atoms with Gasteiger partial charge in [-0.05, 0) is 55.7 Å². The molecule has 0 saturated carbocycles. The first-order valence-electron chi connectivity index (χ1n) is 10.2. The van der Waals surface area contributed by atoms with Gasteiger partial charge in [-0.2, -0.15) is 0 Å². The number of ether oxygens (including phenoxy) is 1. The van der Waals surface area contributed by atoms with Crippen molar-refractivity contribution in [3.05, 3.63) is 48.5 Å². The van der Waals surface area contributed by atoms with Gasteiger partial charge in [0.1, 0.15) is 5.75 Å². The summed E-state index contributed by atoms with van der Waals surface area (Å²) < 4.78 is 5.24. The zero-order valence-corrected chi connectivity index (χ0v) is 16.8. The Morgan fingerprint density at radius 1 is 1.03 bits per heavy atom. The van der Waals surface area contributed by atoms with Crippen LogP contribution in [0.25, 0.3) is 0 Å². The van der Waals surface area contributed by atoms with Gasteiger partial charge in [0.15, 0.2) is 0 Å². The third-order valence-corrected chi connectivity index (χ3v) is 5.72. The van der Waals surface area contributed by atoms with E-state index >= 15 is 0 Å². The molecule has 1 unspecified atom stereocenters. The van der Waals surface area contributed by atoms with Crippen molar-refractivity contribution < 1.29 is 14.3 Å². The van der Waals surface area contributed by atoms with Crippen LogP contribution >= 0.6 is 0 Å². The molecule has 0 spiro atoms. The van der Waals surface area contributed by atoms with Crippen LogP contribution in [-0.2, 0) is 9.59 Å². The molecule has 4 rings (SSSR count). The smallest absolute Gasteiger partial charge is 0.229 e. The van der Waals surface area contributed by atoms with Crippen LogP contribution < -0.4 is 19.9 Å². The van der Waals surface area contributed by atoms with Gasteiger partial charge in [-0.1, -0.05) is 6.07 Å². The summed E-state index contributed by atoms with van der Waals surface area (Å²) in [4.78, 5) is 29.2. The molecule has 6 nitrogen and oxygen atoms in total. The van der Waals surface area contributed by atoms with E-state index in [1.54, 1.807) is 12.0 Å². The lowest BCUT2D eigenvalue weighted by Gasteiger charge is -2.28. The second-order valence-electron chi connectivity index (χ2n) is 7.69. The van der Waals surface area contributed by atoms with Crippen molar-refractivity contribution in [2.75, 3.05) is 41.9 Å². The van der Waals surface area contributed by atoms with Crippen LogP contribution in [0.2, 0.25) is 0 Å². The predicted octanol–water partition coefficient (Wildman–Crippen LogP) is 3.68. The van der Waals surface area contributed by atoms with E-state index in [-0.39, 0.29) is 24.2 Å². The first kappa shape index (κ1) is 19.3. The number of carbonyl (C=O) groups excluding carboxylic acids is 2. The lowest BCUT2D eigenvalue weighted by molar-refractivity contribution is -0.122. The molecule has 0 aliphatic carbocycles. The van der Waals surface area contributed by atoms with Crippen molar-refractivity contribution in [1.29, 1.82) is 0 Å². The minimum absolute atomic E-state index is 0.0427. The van der Waals surface area contributed by atoms with Gasteiger partial charge in [-0.15, -0.1) is 0 Å². The summed E-state index contributed by atoms with van der Waals surface area (Å²) in [5, 5.41) is 2.97. The highest BCUT2D eigenvalue weighted by atomic mass is 16.5. The lowest BCUT2D eigenvalue weighted by atomic mass is 10.1. The molecule has 0 bridgehead atoms. The van der Waals surface area contributed by atoms with Crippen molar-refractivity contribution in [1.82, 2.24) is 0 Å². The normalized spacial score (nSPS) is 19.3. The number of hydrogen-bond acceptors (Lipinski definition) is 4. The van der Waals surface area contributed by atoms with E-state index in [2.05, 4.69) is 22.3 Å². The summed E-state index contributed by atoms with van der Waals surface area (Å²) >= 11 is 0. The molecule has 2 aliphatic heterocycles. The predicted molar refractivity (Wildman–Crippen MR) is 115 cm³/mol. The van der Waals surface area contributed by atoms with E-state index in [9.17, 15) is 9.59 Å². The highest BCUT2D eigenvalue weighted by molar-refractivity contribution is 6.03. The lowest BCUT2D eigenvalue weighted by Crippen LogP contribution is -2.29. The van der Waals surface area contributed by atoms with Gasteiger partial charge in [0, 0.05) is 49.2 Å². The monoisotopic (exact) mass is 393 g/mol. The molecule has 2 aliphatic rings. The van der Waals surface area contributed by atoms with E-state index in [4.69, 9.17) is 4.74 Å². The molecule has 0 radical (unpaired) electrons. The summed E-state index contributed by atoms with van der Waals surface area (Å²) in [6, 6.07) is 15.4. The fraction of sp³-hybridized carbons (Fsp3) is 0.391. The summed E-state index contributed by atoms with van der Waals surface area (Å²) in [5.41, 5.74) is 2.72. The molecular weight excluding hydrogens is 366 g/mol. The number of amides is 2. The highest BCUT2D eigenvalue weighted by Gasteiger charge is 2.35. The first-order valence-corrected chi connectivity index (χ1v) is 10.2. The number of piperidine rings is 1. The maximum absolute atomic E-state index is 12.7. The molecule has 1 N–H and O–H groups in total. The van der Waals surface area contributed by atoms with E-state index in [1.807, 2.05) is 36.4 Å². The van der Waals surface area contributed by atoms with Gasteiger partial charge in [0.2, 0.25) is 11.8 Å². The van der Waals surface area contributed by atoms with Crippen molar-refractivity contribution in [2.24, 2.45) is 5.92 Å². The summed E-state index contributed by atoms with van der Waals surface area (Å²) in [6.45, 7) is 2.57. The van der Waals surface area contributed by atoms with Crippen LogP contribution in [0, 0.1) is 5.92 Å². The Hall–Kier alpha value is -3.02. The fourth-order valence-corrected chi connectivity index (χ4v) is 4.06. The third kappa shape index (κ3) is 4.36. The highest BCUT2D eigenvalue weighted by Crippen LogP contribution is 2.29. The largest absolute Gasteiger partial charge is 0.497 e. The van der Waals surface area contributed by atoms with Crippen LogP contribution in [0.15, 0.2) is 48.5 Å². The van der Waals surface area contributed by atoms with E-state index in [1.165, 1.54) is 24.9 Å². The second kappa shape index (κ2) is 8.55. The second-order valence-corrected chi connectivity index (χ2v) is 7.69. The molecule has 2 amide bonds. The first-order chi connectivity index (χ1) is 14.1. The molecule has 152 valence electrons. The SMILES string of the molecule is COc1cccc(N2CC(C(=O)Nc3ccc(N4CCCCC4)cc3)CC2=O)c1. The van der Waals surface area contributed by atoms with Gasteiger partial charge in [-0.25, -0.2) is 0 Å². The van der Waals surface area contributed by atoms with Gasteiger partial charge < -0.3 is 19.9 Å². The molecule has 2 heterocycles. The van der Waals surface area contributed by atoms with Crippen molar-refractivity contribution in [3.8, 4) is 5.75 Å². The summed E-state index contributed by atoms with van der Waals surface area (Å²) in [7, 11) is 1.59. The molecule has 6 heteroatoms. The zero-order valence-electron chi connectivity index (χ0n) is 16.8. The maximum Gasteiger partial charge on any atom is 0.229 e. The minimum Gasteiger partial charge on any atom is -0.497 e. The Balaban J connectivity index is 1.38. The molecule has 2 aromatic rings. The van der Waals surface area contributed by atoms with Crippen molar-refractivity contribution in [2.45, 2.75) is 25.7 Å². The molecule has 2 fully saturated rings. The standard InChI is InChI=1S/C23H27N3O3/c1-29-21-7-5-6-20(15-21)26-16-17(14-22(26)27)23(28)24-18-8-10-19(11-9-18)25-12-3-2-4-13-25/h5-11,15,17H,2-4,12-14,16H2,1H3,(H,24,28). The Morgan fingerprint density at radius 3 is 2.52 bits per heavy atom. The number of anilines is 3. The molecule has 2 saturated heterocycles. The number of methoxy groups -OCH3 is 1. The summed E-state index contributed by atoms with van der Waals surface area (Å²) in [5.74, 6) is 0.167. The van der Waals surface area contributed by atoms with Crippen LogP contribution in [0.5, 0.6) is 5.75 Å². The Bertz CT molecular complexity index is 875. The van der Waals surface area contributed by atoms with Crippen molar-refractivity contribution in [3.63, 3.8) is 0 Å². The average Bonchev–Trinajstić information content (AvgIpc) is 3.17. The van der Waals surface area contributed by atoms with Gasteiger partial charge >= 0.3 is 0 Å².